The fourth-order valence-electron chi connectivity index (χ4n) is 2.10. The fraction of sp³-hybridized carbons (Fsp3) is 0.333. The van der Waals surface area contributed by atoms with Crippen LogP contribution in [0.15, 0.2) is 12.4 Å². The summed E-state index contributed by atoms with van der Waals surface area (Å²) in [5.41, 5.74) is 1.10. The Kier molecular flexibility index (Phi) is 4.95. The zero-order chi connectivity index (χ0) is 17.1. The number of rotatable bonds is 5. The Balaban J connectivity index is 2.40. The van der Waals surface area contributed by atoms with Gasteiger partial charge in [0, 0.05) is 13.2 Å². The third-order valence-corrected chi connectivity index (χ3v) is 4.45. The predicted molar refractivity (Wildman–Crippen MR) is 86.2 cm³/mol. The molecule has 2 rings (SSSR count). The molecule has 0 bridgehead atoms. The summed E-state index contributed by atoms with van der Waals surface area (Å²) in [5, 5.41) is 6.91. The van der Waals surface area contributed by atoms with Gasteiger partial charge in [-0.25, -0.2) is 4.79 Å². The van der Waals surface area contributed by atoms with E-state index in [-0.39, 0.29) is 18.0 Å². The number of Topliss-reactive ketones (excluding diaryl/α,β-unsaturated/α-hetero) is 1. The van der Waals surface area contributed by atoms with Gasteiger partial charge in [0.05, 0.1) is 28.8 Å². The molecule has 2 aromatic rings. The van der Waals surface area contributed by atoms with E-state index in [2.05, 4.69) is 10.4 Å². The van der Waals surface area contributed by atoms with Crippen molar-refractivity contribution in [1.29, 1.82) is 0 Å². The van der Waals surface area contributed by atoms with E-state index in [1.54, 1.807) is 27.1 Å². The van der Waals surface area contributed by atoms with E-state index in [4.69, 9.17) is 4.74 Å². The maximum Gasteiger partial charge on any atom is 0.341 e. The van der Waals surface area contributed by atoms with Crippen LogP contribution in [0.3, 0.4) is 0 Å². The van der Waals surface area contributed by atoms with Gasteiger partial charge >= 0.3 is 5.97 Å². The lowest BCUT2D eigenvalue weighted by molar-refractivity contribution is 0.0527. The Morgan fingerprint density at radius 2 is 2.09 bits per heavy atom. The Morgan fingerprint density at radius 3 is 2.61 bits per heavy atom. The van der Waals surface area contributed by atoms with Crippen LogP contribution in [0.2, 0.25) is 0 Å². The van der Waals surface area contributed by atoms with E-state index in [1.807, 2.05) is 0 Å². The third kappa shape index (κ3) is 3.48. The number of thiophene rings is 1. The maximum atomic E-state index is 12.3. The molecule has 7 nitrogen and oxygen atoms in total. The first kappa shape index (κ1) is 16.9. The molecule has 2 aromatic heterocycles. The zero-order valence-corrected chi connectivity index (χ0v) is 14.1. The number of hydrogen-bond donors (Lipinski definition) is 1. The van der Waals surface area contributed by atoms with Crippen LogP contribution in [-0.4, -0.2) is 34.0 Å². The lowest BCUT2D eigenvalue weighted by Crippen LogP contribution is -2.14. The first-order chi connectivity index (χ1) is 10.8. The predicted octanol–water partition coefficient (Wildman–Crippen LogP) is 2.42. The molecule has 0 aliphatic carbocycles. The van der Waals surface area contributed by atoms with Gasteiger partial charge in [0.25, 0.3) is 5.91 Å². The van der Waals surface area contributed by atoms with Crippen LogP contribution in [-0.2, 0) is 11.8 Å². The van der Waals surface area contributed by atoms with Gasteiger partial charge in [-0.3, -0.25) is 14.3 Å². The Labute approximate surface area is 137 Å². The van der Waals surface area contributed by atoms with Gasteiger partial charge in [-0.1, -0.05) is 0 Å². The van der Waals surface area contributed by atoms with Crippen molar-refractivity contribution < 1.29 is 19.1 Å². The van der Waals surface area contributed by atoms with Crippen molar-refractivity contribution in [3.8, 4) is 0 Å². The molecule has 1 amide bonds. The second-order valence-electron chi connectivity index (χ2n) is 4.89. The lowest BCUT2D eigenvalue weighted by Gasteiger charge is -2.06. The van der Waals surface area contributed by atoms with Crippen molar-refractivity contribution in [3.63, 3.8) is 0 Å². The van der Waals surface area contributed by atoms with Crippen molar-refractivity contribution in [2.24, 2.45) is 7.05 Å². The number of carbonyl (C=O) groups is 3. The molecule has 0 aliphatic rings. The minimum atomic E-state index is -0.560. The number of nitrogens with zero attached hydrogens (tertiary/aromatic N) is 2. The van der Waals surface area contributed by atoms with Crippen LogP contribution in [0.25, 0.3) is 0 Å². The highest BCUT2D eigenvalue weighted by molar-refractivity contribution is 7.18. The molecular formula is C15H17N3O4S. The van der Waals surface area contributed by atoms with Gasteiger partial charge in [-0.2, -0.15) is 5.10 Å². The van der Waals surface area contributed by atoms with Crippen molar-refractivity contribution in [2.45, 2.75) is 20.8 Å². The molecule has 122 valence electrons. The van der Waals surface area contributed by atoms with E-state index in [1.165, 1.54) is 17.8 Å². The second kappa shape index (κ2) is 6.74. The quantitative estimate of drug-likeness (QED) is 0.669. The van der Waals surface area contributed by atoms with Crippen LogP contribution < -0.4 is 5.32 Å². The Bertz CT molecular complexity index is 776. The largest absolute Gasteiger partial charge is 0.462 e. The molecule has 2 heterocycles. The van der Waals surface area contributed by atoms with Gasteiger partial charge in [-0.05, 0) is 26.3 Å². The van der Waals surface area contributed by atoms with E-state index in [0.29, 0.717) is 21.0 Å². The highest BCUT2D eigenvalue weighted by Gasteiger charge is 2.25. The van der Waals surface area contributed by atoms with Crippen LogP contribution in [0.5, 0.6) is 0 Å². The lowest BCUT2D eigenvalue weighted by atomic mass is 10.1. The molecule has 0 saturated carbocycles. The molecule has 23 heavy (non-hydrogen) atoms. The topological polar surface area (TPSA) is 90.3 Å². The van der Waals surface area contributed by atoms with Crippen LogP contribution in [0.4, 0.5) is 5.00 Å². The van der Waals surface area contributed by atoms with Gasteiger partial charge in [0.2, 0.25) is 0 Å². The fourth-order valence-corrected chi connectivity index (χ4v) is 3.19. The van der Waals surface area contributed by atoms with E-state index >= 15 is 0 Å². The number of carbonyl (C=O) groups excluding carboxylic acids is 3. The summed E-state index contributed by atoms with van der Waals surface area (Å²) in [6, 6.07) is 0. The smallest absolute Gasteiger partial charge is 0.341 e. The number of anilines is 1. The summed E-state index contributed by atoms with van der Waals surface area (Å²) in [4.78, 5) is 36.5. The molecule has 0 radical (unpaired) electrons. The van der Waals surface area contributed by atoms with Gasteiger partial charge in [0.1, 0.15) is 5.00 Å². The Morgan fingerprint density at radius 1 is 1.39 bits per heavy atom. The molecule has 8 heteroatoms. The molecule has 0 atom stereocenters. The minimum Gasteiger partial charge on any atom is -0.462 e. The summed E-state index contributed by atoms with van der Waals surface area (Å²) in [6.07, 6.45) is 2.98. The summed E-state index contributed by atoms with van der Waals surface area (Å²) in [7, 11) is 1.70. The number of amides is 1. The molecule has 0 aromatic carbocycles. The minimum absolute atomic E-state index is 0.167. The van der Waals surface area contributed by atoms with Gasteiger partial charge < -0.3 is 10.1 Å². The standard InChI is InChI=1S/C15H17N3O4S/c1-5-22-15(21)11-8(2)12(9(3)19)23-14(11)17-13(20)10-6-16-18(4)7-10/h6-7H,5H2,1-4H3,(H,17,20). The molecular weight excluding hydrogens is 318 g/mol. The third-order valence-electron chi connectivity index (χ3n) is 3.14. The number of esters is 1. The average molecular weight is 335 g/mol. The maximum absolute atomic E-state index is 12.3. The van der Waals surface area contributed by atoms with Crippen molar-refractivity contribution in [3.05, 3.63) is 34.0 Å². The number of aryl methyl sites for hydroxylation is 1. The van der Waals surface area contributed by atoms with Gasteiger partial charge in [0.15, 0.2) is 5.78 Å². The molecule has 0 saturated heterocycles. The number of hydrogen-bond acceptors (Lipinski definition) is 6. The van der Waals surface area contributed by atoms with E-state index in [0.717, 1.165) is 11.3 Å². The number of aromatic nitrogens is 2. The number of ketones is 1. The summed E-state index contributed by atoms with van der Waals surface area (Å²) in [5.74, 6) is -1.13. The van der Waals surface area contributed by atoms with Crippen LogP contribution >= 0.6 is 11.3 Å². The molecule has 1 N–H and O–H groups in total. The summed E-state index contributed by atoms with van der Waals surface area (Å²) >= 11 is 1.07. The number of ether oxygens (including phenoxy) is 1. The normalized spacial score (nSPS) is 10.4. The second-order valence-corrected chi connectivity index (χ2v) is 5.91. The highest BCUT2D eigenvalue weighted by atomic mass is 32.1. The van der Waals surface area contributed by atoms with Crippen LogP contribution in [0.1, 0.15) is 49.8 Å². The average Bonchev–Trinajstić information content (AvgIpc) is 3.03. The zero-order valence-electron chi connectivity index (χ0n) is 13.3. The van der Waals surface area contributed by atoms with E-state index in [9.17, 15) is 14.4 Å². The Hall–Kier alpha value is -2.48. The number of nitrogens with one attached hydrogen (secondary N) is 1. The van der Waals surface area contributed by atoms with Crippen molar-refractivity contribution >= 4 is 34.0 Å². The highest BCUT2D eigenvalue weighted by Crippen LogP contribution is 2.34. The molecule has 0 spiro atoms. The summed E-state index contributed by atoms with van der Waals surface area (Å²) in [6.45, 7) is 4.98. The first-order valence-corrected chi connectivity index (χ1v) is 7.78. The molecule has 0 aliphatic heterocycles. The SMILES string of the molecule is CCOC(=O)c1c(NC(=O)c2cnn(C)c2)sc(C(C)=O)c1C. The summed E-state index contributed by atoms with van der Waals surface area (Å²) < 4.78 is 6.52. The monoisotopic (exact) mass is 335 g/mol. The molecule has 0 fully saturated rings. The van der Waals surface area contributed by atoms with Gasteiger partial charge in [-0.15, -0.1) is 11.3 Å². The first-order valence-electron chi connectivity index (χ1n) is 6.96. The molecule has 0 unspecified atom stereocenters. The van der Waals surface area contributed by atoms with E-state index < -0.39 is 11.9 Å². The van der Waals surface area contributed by atoms with Crippen molar-refractivity contribution in [1.82, 2.24) is 9.78 Å². The van der Waals surface area contributed by atoms with Crippen LogP contribution in [0, 0.1) is 6.92 Å². The van der Waals surface area contributed by atoms with Crippen molar-refractivity contribution in [2.75, 3.05) is 11.9 Å².